The molecule has 1 aromatic rings. The van der Waals surface area contributed by atoms with E-state index in [1.54, 1.807) is 12.1 Å². The molecule has 2 aliphatic heterocycles. The number of hydrogen-bond donors (Lipinski definition) is 1. The molecule has 3 rings (SSSR count). The minimum absolute atomic E-state index is 0.466. The van der Waals surface area contributed by atoms with E-state index >= 15 is 0 Å². The van der Waals surface area contributed by atoms with E-state index in [1.165, 1.54) is 25.0 Å². The Labute approximate surface area is 123 Å². The summed E-state index contributed by atoms with van der Waals surface area (Å²) in [6, 6.07) is 5.57. The summed E-state index contributed by atoms with van der Waals surface area (Å²) in [6.45, 7) is 4.09. The lowest BCUT2D eigenvalue weighted by Crippen LogP contribution is -2.45. The monoisotopic (exact) mass is 298 g/mol. The molecule has 1 aromatic carbocycles. The van der Waals surface area contributed by atoms with Crippen molar-refractivity contribution in [1.82, 2.24) is 5.32 Å². The molecular formula is C16H21F3N2. The third-order valence-electron chi connectivity index (χ3n) is 5.05. The normalized spacial score (nSPS) is 22.5. The standard InChI is InChI=1S/C16H21F3N2/c17-16(18,19)13-1-3-14(4-2-13)21-11-7-15(8-12-21)5-9-20-10-6-15/h1-4,20H,5-12H2. The van der Waals surface area contributed by atoms with Gasteiger partial charge in [0.15, 0.2) is 0 Å². The summed E-state index contributed by atoms with van der Waals surface area (Å²) in [6.07, 6.45) is 0.507. The summed E-state index contributed by atoms with van der Waals surface area (Å²) >= 11 is 0. The van der Waals surface area contributed by atoms with Gasteiger partial charge >= 0.3 is 6.18 Å². The van der Waals surface area contributed by atoms with Gasteiger partial charge in [-0.25, -0.2) is 0 Å². The zero-order valence-electron chi connectivity index (χ0n) is 12.0. The van der Waals surface area contributed by atoms with E-state index in [0.29, 0.717) is 5.41 Å². The van der Waals surface area contributed by atoms with Gasteiger partial charge in [-0.05, 0) is 68.5 Å². The molecule has 21 heavy (non-hydrogen) atoms. The van der Waals surface area contributed by atoms with E-state index in [0.717, 1.165) is 44.7 Å². The molecule has 2 fully saturated rings. The van der Waals surface area contributed by atoms with Gasteiger partial charge in [-0.2, -0.15) is 13.2 Å². The van der Waals surface area contributed by atoms with Gasteiger partial charge in [0.25, 0.3) is 0 Å². The number of benzene rings is 1. The Bertz CT molecular complexity index is 465. The third-order valence-corrected chi connectivity index (χ3v) is 5.05. The molecule has 0 atom stereocenters. The Morgan fingerprint density at radius 1 is 0.905 bits per heavy atom. The minimum Gasteiger partial charge on any atom is -0.371 e. The van der Waals surface area contributed by atoms with E-state index < -0.39 is 11.7 Å². The van der Waals surface area contributed by atoms with Gasteiger partial charge < -0.3 is 10.2 Å². The van der Waals surface area contributed by atoms with Crippen molar-refractivity contribution in [2.24, 2.45) is 5.41 Å². The summed E-state index contributed by atoms with van der Waals surface area (Å²) < 4.78 is 37.7. The second-order valence-electron chi connectivity index (χ2n) is 6.28. The van der Waals surface area contributed by atoms with Crippen LogP contribution in [0.3, 0.4) is 0 Å². The molecule has 0 aromatic heterocycles. The second-order valence-corrected chi connectivity index (χ2v) is 6.28. The third kappa shape index (κ3) is 3.18. The van der Waals surface area contributed by atoms with Gasteiger partial charge in [0.1, 0.15) is 0 Å². The molecule has 1 spiro atoms. The first kappa shape index (κ1) is 14.7. The summed E-state index contributed by atoms with van der Waals surface area (Å²) in [5.41, 5.74) is 0.804. The largest absolute Gasteiger partial charge is 0.416 e. The summed E-state index contributed by atoms with van der Waals surface area (Å²) in [5, 5.41) is 3.40. The smallest absolute Gasteiger partial charge is 0.371 e. The summed E-state index contributed by atoms with van der Waals surface area (Å²) in [5.74, 6) is 0. The number of piperidine rings is 2. The lowest BCUT2D eigenvalue weighted by Gasteiger charge is -2.45. The highest BCUT2D eigenvalue weighted by atomic mass is 19.4. The molecule has 116 valence electrons. The van der Waals surface area contributed by atoms with Crippen LogP contribution in [-0.2, 0) is 6.18 Å². The van der Waals surface area contributed by atoms with E-state index in [9.17, 15) is 13.2 Å². The highest BCUT2D eigenvalue weighted by Gasteiger charge is 2.36. The van der Waals surface area contributed by atoms with Crippen LogP contribution >= 0.6 is 0 Å². The first-order valence-corrected chi connectivity index (χ1v) is 7.62. The molecule has 0 saturated carbocycles. The van der Waals surface area contributed by atoms with Crippen molar-refractivity contribution < 1.29 is 13.2 Å². The molecule has 2 aliphatic rings. The molecule has 0 unspecified atom stereocenters. The van der Waals surface area contributed by atoms with Crippen molar-refractivity contribution >= 4 is 5.69 Å². The fraction of sp³-hybridized carbons (Fsp3) is 0.625. The van der Waals surface area contributed by atoms with Crippen molar-refractivity contribution in [2.75, 3.05) is 31.1 Å². The molecule has 5 heteroatoms. The van der Waals surface area contributed by atoms with Gasteiger partial charge in [0.05, 0.1) is 5.56 Å². The quantitative estimate of drug-likeness (QED) is 0.851. The topological polar surface area (TPSA) is 15.3 Å². The van der Waals surface area contributed by atoms with Crippen LogP contribution in [0.1, 0.15) is 31.2 Å². The lowest BCUT2D eigenvalue weighted by molar-refractivity contribution is -0.137. The van der Waals surface area contributed by atoms with Gasteiger partial charge in [-0.1, -0.05) is 0 Å². The fourth-order valence-corrected chi connectivity index (χ4v) is 3.56. The number of alkyl halides is 3. The Morgan fingerprint density at radius 3 is 2.00 bits per heavy atom. The van der Waals surface area contributed by atoms with E-state index in [1.807, 2.05) is 0 Å². The second kappa shape index (κ2) is 5.52. The van der Waals surface area contributed by atoms with Gasteiger partial charge in [0.2, 0.25) is 0 Å². The average Bonchev–Trinajstić information content (AvgIpc) is 2.48. The Hall–Kier alpha value is -1.23. The van der Waals surface area contributed by atoms with Gasteiger partial charge in [-0.3, -0.25) is 0 Å². The maximum atomic E-state index is 12.6. The number of anilines is 1. The summed E-state index contributed by atoms with van der Waals surface area (Å²) in [7, 11) is 0. The predicted molar refractivity (Wildman–Crippen MR) is 77.4 cm³/mol. The SMILES string of the molecule is FC(F)(F)c1ccc(N2CCC3(CCNCC3)CC2)cc1. The number of nitrogens with zero attached hydrogens (tertiary/aromatic N) is 1. The van der Waals surface area contributed by atoms with Crippen molar-refractivity contribution in [1.29, 1.82) is 0 Å². The van der Waals surface area contributed by atoms with Gasteiger partial charge in [0, 0.05) is 18.8 Å². The maximum Gasteiger partial charge on any atom is 0.416 e. The van der Waals surface area contributed by atoms with Crippen LogP contribution in [0, 0.1) is 5.41 Å². The van der Waals surface area contributed by atoms with Crippen LogP contribution in [-0.4, -0.2) is 26.2 Å². The minimum atomic E-state index is -4.25. The van der Waals surface area contributed by atoms with Crippen molar-refractivity contribution in [3.63, 3.8) is 0 Å². The highest BCUT2D eigenvalue weighted by molar-refractivity contribution is 5.48. The maximum absolute atomic E-state index is 12.6. The number of rotatable bonds is 1. The Morgan fingerprint density at radius 2 is 1.48 bits per heavy atom. The van der Waals surface area contributed by atoms with Crippen LogP contribution in [0.25, 0.3) is 0 Å². The first-order valence-electron chi connectivity index (χ1n) is 7.62. The van der Waals surface area contributed by atoms with Crippen molar-refractivity contribution in [2.45, 2.75) is 31.9 Å². The predicted octanol–water partition coefficient (Wildman–Crippen LogP) is 3.68. The fourth-order valence-electron chi connectivity index (χ4n) is 3.56. The van der Waals surface area contributed by atoms with Crippen molar-refractivity contribution in [3.05, 3.63) is 29.8 Å². The van der Waals surface area contributed by atoms with E-state index in [-0.39, 0.29) is 0 Å². The Balaban J connectivity index is 1.64. The number of halogens is 3. The molecule has 0 radical (unpaired) electrons. The molecule has 1 N–H and O–H groups in total. The highest BCUT2D eigenvalue weighted by Crippen LogP contribution is 2.40. The molecular weight excluding hydrogens is 277 g/mol. The van der Waals surface area contributed by atoms with Gasteiger partial charge in [-0.15, -0.1) is 0 Å². The first-order chi connectivity index (χ1) is 9.99. The molecule has 2 heterocycles. The number of hydrogen-bond acceptors (Lipinski definition) is 2. The lowest BCUT2D eigenvalue weighted by atomic mass is 9.71. The van der Waals surface area contributed by atoms with Crippen LogP contribution in [0.5, 0.6) is 0 Å². The molecule has 0 bridgehead atoms. The van der Waals surface area contributed by atoms with E-state index in [2.05, 4.69) is 10.2 Å². The van der Waals surface area contributed by atoms with Crippen LogP contribution < -0.4 is 10.2 Å². The van der Waals surface area contributed by atoms with Crippen LogP contribution in [0.4, 0.5) is 18.9 Å². The summed E-state index contributed by atoms with van der Waals surface area (Å²) in [4.78, 5) is 2.22. The van der Waals surface area contributed by atoms with Crippen LogP contribution in [0.15, 0.2) is 24.3 Å². The van der Waals surface area contributed by atoms with Crippen LogP contribution in [0.2, 0.25) is 0 Å². The van der Waals surface area contributed by atoms with Crippen molar-refractivity contribution in [3.8, 4) is 0 Å². The molecule has 0 aliphatic carbocycles. The molecule has 2 nitrogen and oxygen atoms in total. The Kier molecular flexibility index (Phi) is 3.86. The zero-order chi connectivity index (χ0) is 14.9. The van der Waals surface area contributed by atoms with E-state index in [4.69, 9.17) is 0 Å². The zero-order valence-corrected chi connectivity index (χ0v) is 12.0. The molecule has 0 amide bonds. The average molecular weight is 298 g/mol. The molecule has 2 saturated heterocycles. The number of nitrogens with one attached hydrogen (secondary N) is 1.